The molecule has 1 aromatic carbocycles. The fraction of sp³-hybridized carbons (Fsp3) is 0.611. The van der Waals surface area contributed by atoms with Crippen LogP contribution in [0.15, 0.2) is 18.2 Å². The summed E-state index contributed by atoms with van der Waals surface area (Å²) in [5.74, 6) is -0.324. The Hall–Kier alpha value is -1.56. The number of alkyl halides is 3. The van der Waals surface area contributed by atoms with Crippen molar-refractivity contribution in [2.24, 2.45) is 5.92 Å². The molecule has 0 spiro atoms. The number of piperidine rings is 2. The van der Waals surface area contributed by atoms with E-state index in [-0.39, 0.29) is 23.0 Å². The van der Waals surface area contributed by atoms with Crippen LogP contribution in [0.2, 0.25) is 0 Å². The van der Waals surface area contributed by atoms with E-state index in [0.717, 1.165) is 44.2 Å². The molecule has 3 rings (SSSR count). The Morgan fingerprint density at radius 1 is 1.17 bits per heavy atom. The number of ketones is 1. The van der Waals surface area contributed by atoms with Gasteiger partial charge in [0.05, 0.1) is 12.7 Å². The van der Waals surface area contributed by atoms with E-state index in [9.17, 15) is 18.0 Å². The number of hydrogen-bond donors (Lipinski definition) is 0. The lowest BCUT2D eigenvalue weighted by Gasteiger charge is -2.46. The molecule has 2 unspecified atom stereocenters. The van der Waals surface area contributed by atoms with E-state index in [4.69, 9.17) is 4.74 Å². The van der Waals surface area contributed by atoms with Crippen molar-refractivity contribution in [2.75, 3.05) is 14.2 Å². The second kappa shape index (κ2) is 6.39. The zero-order chi connectivity index (χ0) is 17.5. The lowest BCUT2D eigenvalue weighted by atomic mass is 9.76. The topological polar surface area (TPSA) is 29.5 Å². The fourth-order valence-corrected chi connectivity index (χ4v) is 4.09. The van der Waals surface area contributed by atoms with Crippen LogP contribution in [0, 0.1) is 5.92 Å². The van der Waals surface area contributed by atoms with Gasteiger partial charge in [-0.25, -0.2) is 0 Å². The first-order valence-electron chi connectivity index (χ1n) is 8.32. The molecule has 2 saturated heterocycles. The van der Waals surface area contributed by atoms with E-state index in [1.165, 1.54) is 13.2 Å². The van der Waals surface area contributed by atoms with Crippen molar-refractivity contribution in [1.29, 1.82) is 0 Å². The Kier molecular flexibility index (Phi) is 4.60. The average molecular weight is 341 g/mol. The Bertz CT molecular complexity index is 615. The molecular weight excluding hydrogens is 319 g/mol. The van der Waals surface area contributed by atoms with Gasteiger partial charge in [-0.15, -0.1) is 0 Å². The van der Waals surface area contributed by atoms with Crippen molar-refractivity contribution < 1.29 is 22.7 Å². The maximum Gasteiger partial charge on any atom is 0.416 e. The molecule has 2 atom stereocenters. The molecule has 0 N–H and O–H groups in total. The van der Waals surface area contributed by atoms with Gasteiger partial charge in [-0.05, 0) is 50.9 Å². The van der Waals surface area contributed by atoms with Crippen LogP contribution >= 0.6 is 0 Å². The number of Topliss-reactive ketones (excluding diaryl/α,β-unsaturated/α-hetero) is 1. The lowest BCUT2D eigenvalue weighted by molar-refractivity contribution is -0.137. The Labute approximate surface area is 139 Å². The highest BCUT2D eigenvalue weighted by molar-refractivity contribution is 5.98. The fourth-order valence-electron chi connectivity index (χ4n) is 4.09. The lowest BCUT2D eigenvalue weighted by Crippen LogP contribution is -2.51. The second-order valence-corrected chi connectivity index (χ2v) is 6.88. The van der Waals surface area contributed by atoms with Gasteiger partial charge in [0.25, 0.3) is 0 Å². The van der Waals surface area contributed by atoms with E-state index in [0.29, 0.717) is 12.1 Å². The number of rotatable bonds is 3. The number of carbonyl (C=O) groups is 1. The third-order valence-electron chi connectivity index (χ3n) is 5.46. The third-order valence-corrected chi connectivity index (χ3v) is 5.46. The van der Waals surface area contributed by atoms with Crippen LogP contribution in [0.25, 0.3) is 0 Å². The maximum atomic E-state index is 13.1. The van der Waals surface area contributed by atoms with Crippen LogP contribution < -0.4 is 4.74 Å². The van der Waals surface area contributed by atoms with Gasteiger partial charge in [0.15, 0.2) is 5.78 Å². The smallest absolute Gasteiger partial charge is 0.416 e. The highest BCUT2D eigenvalue weighted by Crippen LogP contribution is 2.38. The van der Waals surface area contributed by atoms with Gasteiger partial charge >= 0.3 is 6.18 Å². The summed E-state index contributed by atoms with van der Waals surface area (Å²) in [6.45, 7) is 0. The number of fused-ring (bicyclic) bond motifs is 2. The molecule has 0 aromatic heterocycles. The van der Waals surface area contributed by atoms with Gasteiger partial charge in [0, 0.05) is 23.6 Å². The number of benzene rings is 1. The normalized spacial score (nSPS) is 27.8. The summed E-state index contributed by atoms with van der Waals surface area (Å²) in [4.78, 5) is 15.2. The van der Waals surface area contributed by atoms with Crippen molar-refractivity contribution in [3.63, 3.8) is 0 Å². The highest BCUT2D eigenvalue weighted by Gasteiger charge is 2.39. The first kappa shape index (κ1) is 17.3. The van der Waals surface area contributed by atoms with Crippen LogP contribution in [-0.2, 0) is 6.18 Å². The standard InChI is InChI=1S/C18H22F3NO2/c1-22-14-4-3-5-15(22)8-12(7-14)17(23)11-6-13(18(19,20)21)10-16(9-11)24-2/h6,9-10,12,14-15H,3-5,7-8H2,1-2H3. The van der Waals surface area contributed by atoms with Crippen molar-refractivity contribution in [2.45, 2.75) is 50.4 Å². The minimum atomic E-state index is -4.49. The van der Waals surface area contributed by atoms with Crippen LogP contribution in [0.3, 0.4) is 0 Å². The van der Waals surface area contributed by atoms with Crippen LogP contribution in [0.1, 0.15) is 48.0 Å². The molecule has 0 amide bonds. The molecule has 3 nitrogen and oxygen atoms in total. The second-order valence-electron chi connectivity index (χ2n) is 6.88. The van der Waals surface area contributed by atoms with Crippen LogP contribution in [-0.4, -0.2) is 36.9 Å². The molecule has 0 radical (unpaired) electrons. The third kappa shape index (κ3) is 3.29. The summed E-state index contributed by atoms with van der Waals surface area (Å²) in [6, 6.07) is 4.03. The number of carbonyl (C=O) groups excluding carboxylic acids is 1. The van der Waals surface area contributed by atoms with E-state index in [2.05, 4.69) is 11.9 Å². The predicted octanol–water partition coefficient (Wildman–Crippen LogP) is 4.16. The first-order chi connectivity index (χ1) is 11.3. The van der Waals surface area contributed by atoms with Crippen molar-refractivity contribution in [1.82, 2.24) is 4.90 Å². The minimum Gasteiger partial charge on any atom is -0.497 e. The molecular formula is C18H22F3NO2. The zero-order valence-corrected chi connectivity index (χ0v) is 13.9. The Balaban J connectivity index is 1.87. The van der Waals surface area contributed by atoms with Crippen molar-refractivity contribution in [3.8, 4) is 5.75 Å². The highest BCUT2D eigenvalue weighted by atomic mass is 19.4. The minimum absolute atomic E-state index is 0.0706. The number of nitrogens with zero attached hydrogens (tertiary/aromatic N) is 1. The van der Waals surface area contributed by atoms with Gasteiger partial charge in [0.1, 0.15) is 5.75 Å². The molecule has 2 heterocycles. The summed E-state index contributed by atoms with van der Waals surface area (Å²) in [6.07, 6.45) is 0.241. The van der Waals surface area contributed by atoms with Crippen LogP contribution in [0.4, 0.5) is 13.2 Å². The van der Waals surface area contributed by atoms with E-state index in [1.54, 1.807) is 0 Å². The van der Waals surface area contributed by atoms with Gasteiger partial charge in [-0.3, -0.25) is 4.79 Å². The van der Waals surface area contributed by atoms with Crippen molar-refractivity contribution >= 4 is 5.78 Å². The average Bonchev–Trinajstić information content (AvgIpc) is 2.52. The molecule has 132 valence electrons. The molecule has 0 saturated carbocycles. The molecule has 24 heavy (non-hydrogen) atoms. The van der Waals surface area contributed by atoms with E-state index in [1.807, 2.05) is 0 Å². The van der Waals surface area contributed by atoms with E-state index < -0.39 is 11.7 Å². The number of ether oxygens (including phenoxy) is 1. The SMILES string of the molecule is COc1cc(C(=O)C2CC3CCCC(C2)N3C)cc(C(F)(F)F)c1. The van der Waals surface area contributed by atoms with E-state index >= 15 is 0 Å². The summed E-state index contributed by atoms with van der Waals surface area (Å²) in [5, 5.41) is 0. The summed E-state index contributed by atoms with van der Waals surface area (Å²) in [5.41, 5.74) is -0.729. The first-order valence-corrected chi connectivity index (χ1v) is 8.32. The molecule has 2 aliphatic heterocycles. The molecule has 2 fully saturated rings. The number of methoxy groups -OCH3 is 1. The molecule has 2 aliphatic rings. The largest absolute Gasteiger partial charge is 0.497 e. The summed E-state index contributed by atoms with van der Waals surface area (Å²) in [7, 11) is 3.40. The number of halogens is 3. The van der Waals surface area contributed by atoms with Gasteiger partial charge < -0.3 is 9.64 Å². The Morgan fingerprint density at radius 3 is 2.33 bits per heavy atom. The predicted molar refractivity (Wildman–Crippen MR) is 84.2 cm³/mol. The van der Waals surface area contributed by atoms with Gasteiger partial charge in [-0.2, -0.15) is 13.2 Å². The number of hydrogen-bond acceptors (Lipinski definition) is 3. The molecule has 2 bridgehead atoms. The van der Waals surface area contributed by atoms with Gasteiger partial charge in [0.2, 0.25) is 0 Å². The summed E-state index contributed by atoms with van der Waals surface area (Å²) >= 11 is 0. The maximum absolute atomic E-state index is 13.1. The molecule has 1 aromatic rings. The van der Waals surface area contributed by atoms with Crippen LogP contribution in [0.5, 0.6) is 5.75 Å². The van der Waals surface area contributed by atoms with Crippen molar-refractivity contribution in [3.05, 3.63) is 29.3 Å². The zero-order valence-electron chi connectivity index (χ0n) is 13.9. The monoisotopic (exact) mass is 341 g/mol. The van der Waals surface area contributed by atoms with Gasteiger partial charge in [-0.1, -0.05) is 6.42 Å². The summed E-state index contributed by atoms with van der Waals surface area (Å²) < 4.78 is 44.1. The molecule has 6 heteroatoms. The quantitative estimate of drug-likeness (QED) is 0.773. The molecule has 0 aliphatic carbocycles. The Morgan fingerprint density at radius 2 is 1.79 bits per heavy atom.